The van der Waals surface area contributed by atoms with Gasteiger partial charge in [-0.2, -0.15) is 0 Å². The van der Waals surface area contributed by atoms with Crippen LogP contribution in [0.25, 0.3) is 10.4 Å². The van der Waals surface area contributed by atoms with Crippen LogP contribution < -0.4 is 9.64 Å². The maximum Gasteiger partial charge on any atom is 0.348 e. The van der Waals surface area contributed by atoms with Gasteiger partial charge in [0.05, 0.1) is 7.11 Å². The Morgan fingerprint density at radius 2 is 1.62 bits per heavy atom. The van der Waals surface area contributed by atoms with E-state index in [2.05, 4.69) is 4.90 Å². The van der Waals surface area contributed by atoms with E-state index in [1.807, 2.05) is 24.3 Å². The Kier molecular flexibility index (Phi) is 6.70. The van der Waals surface area contributed by atoms with Crippen molar-refractivity contribution < 1.29 is 23.5 Å². The second-order valence-corrected chi connectivity index (χ2v) is 8.40. The highest BCUT2D eigenvalue weighted by Crippen LogP contribution is 2.28. The van der Waals surface area contributed by atoms with Crippen molar-refractivity contribution in [2.45, 2.75) is 0 Å². The van der Waals surface area contributed by atoms with Crippen LogP contribution in [-0.2, 0) is 9.53 Å². The largest absolute Gasteiger partial charge is 0.497 e. The molecule has 0 unspecified atom stereocenters. The zero-order valence-electron chi connectivity index (χ0n) is 17.6. The van der Waals surface area contributed by atoms with Gasteiger partial charge in [0.25, 0.3) is 5.91 Å². The molecule has 0 spiro atoms. The van der Waals surface area contributed by atoms with Gasteiger partial charge in [-0.15, -0.1) is 11.3 Å². The minimum Gasteiger partial charge on any atom is -0.497 e. The Morgan fingerprint density at radius 1 is 0.938 bits per heavy atom. The molecule has 0 radical (unpaired) electrons. The average Bonchev–Trinajstić information content (AvgIpc) is 3.33. The number of carbonyl (C=O) groups is 2. The number of amides is 1. The van der Waals surface area contributed by atoms with Gasteiger partial charge in [0.2, 0.25) is 0 Å². The predicted octanol–water partition coefficient (Wildman–Crippen LogP) is 4.07. The molecule has 4 rings (SSSR count). The number of nitrogens with zero attached hydrogens (tertiary/aromatic N) is 2. The van der Waals surface area contributed by atoms with Crippen LogP contribution in [0.15, 0.2) is 60.7 Å². The van der Waals surface area contributed by atoms with E-state index < -0.39 is 5.97 Å². The van der Waals surface area contributed by atoms with Crippen LogP contribution in [0.3, 0.4) is 0 Å². The summed E-state index contributed by atoms with van der Waals surface area (Å²) < 4.78 is 23.5. The fraction of sp³-hybridized carbons (Fsp3) is 0.250. The van der Waals surface area contributed by atoms with Gasteiger partial charge in [0, 0.05) is 36.7 Å². The van der Waals surface area contributed by atoms with Crippen LogP contribution in [0.5, 0.6) is 5.75 Å². The highest BCUT2D eigenvalue weighted by Gasteiger charge is 2.23. The Bertz CT molecular complexity index is 1070. The van der Waals surface area contributed by atoms with E-state index >= 15 is 0 Å². The SMILES string of the molecule is COc1ccc(N2CCN(C(=O)COC(=O)c3ccc(-c4ccc(F)cc4)s3)CC2)cc1. The van der Waals surface area contributed by atoms with Gasteiger partial charge in [-0.3, -0.25) is 4.79 Å². The first-order valence-corrected chi connectivity index (χ1v) is 11.0. The smallest absolute Gasteiger partial charge is 0.348 e. The van der Waals surface area contributed by atoms with Gasteiger partial charge in [-0.1, -0.05) is 12.1 Å². The van der Waals surface area contributed by atoms with Crippen molar-refractivity contribution in [1.82, 2.24) is 4.90 Å². The van der Waals surface area contributed by atoms with Crippen molar-refractivity contribution in [2.24, 2.45) is 0 Å². The molecule has 1 amide bonds. The van der Waals surface area contributed by atoms with Crippen molar-refractivity contribution in [3.05, 3.63) is 71.4 Å². The van der Waals surface area contributed by atoms with E-state index in [0.29, 0.717) is 31.1 Å². The summed E-state index contributed by atoms with van der Waals surface area (Å²) in [6.07, 6.45) is 0. The lowest BCUT2D eigenvalue weighted by Gasteiger charge is -2.36. The van der Waals surface area contributed by atoms with E-state index in [0.717, 1.165) is 21.9 Å². The monoisotopic (exact) mass is 454 g/mol. The second-order valence-electron chi connectivity index (χ2n) is 7.31. The Hall–Kier alpha value is -3.39. The van der Waals surface area contributed by atoms with E-state index in [1.54, 1.807) is 36.3 Å². The lowest BCUT2D eigenvalue weighted by molar-refractivity contribution is -0.134. The first-order valence-electron chi connectivity index (χ1n) is 10.2. The molecule has 3 aromatic rings. The minimum absolute atomic E-state index is 0.206. The molecule has 1 saturated heterocycles. The molecule has 32 heavy (non-hydrogen) atoms. The molecular formula is C24H23FN2O4S. The number of halogens is 1. The van der Waals surface area contributed by atoms with Crippen molar-refractivity contribution in [3.63, 3.8) is 0 Å². The maximum absolute atomic E-state index is 13.1. The van der Waals surface area contributed by atoms with Crippen LogP contribution >= 0.6 is 11.3 Å². The number of esters is 1. The van der Waals surface area contributed by atoms with E-state index in [4.69, 9.17) is 9.47 Å². The molecule has 1 aliphatic heterocycles. The Morgan fingerprint density at radius 3 is 2.28 bits per heavy atom. The summed E-state index contributed by atoms with van der Waals surface area (Å²) in [7, 11) is 1.63. The molecule has 2 aromatic carbocycles. The Balaban J connectivity index is 1.26. The number of hydrogen-bond acceptors (Lipinski definition) is 6. The van der Waals surface area contributed by atoms with Crippen LogP contribution in [0, 0.1) is 5.82 Å². The predicted molar refractivity (Wildman–Crippen MR) is 122 cm³/mol. The molecule has 0 saturated carbocycles. The highest BCUT2D eigenvalue weighted by atomic mass is 32.1. The average molecular weight is 455 g/mol. The quantitative estimate of drug-likeness (QED) is 0.526. The van der Waals surface area contributed by atoms with Crippen LogP contribution in [0.2, 0.25) is 0 Å². The molecule has 166 valence electrons. The molecule has 6 nitrogen and oxygen atoms in total. The maximum atomic E-state index is 13.1. The lowest BCUT2D eigenvalue weighted by Crippen LogP contribution is -2.49. The zero-order valence-corrected chi connectivity index (χ0v) is 18.4. The molecule has 0 aliphatic carbocycles. The van der Waals surface area contributed by atoms with Crippen molar-refractivity contribution >= 4 is 28.9 Å². The van der Waals surface area contributed by atoms with Crippen molar-refractivity contribution in [2.75, 3.05) is 44.8 Å². The van der Waals surface area contributed by atoms with Crippen molar-refractivity contribution in [1.29, 1.82) is 0 Å². The number of carbonyl (C=O) groups excluding carboxylic acids is 2. The second kappa shape index (κ2) is 9.82. The molecule has 0 N–H and O–H groups in total. The number of benzene rings is 2. The molecule has 1 aliphatic rings. The summed E-state index contributed by atoms with van der Waals surface area (Å²) in [6, 6.07) is 17.3. The third-order valence-electron chi connectivity index (χ3n) is 5.33. The number of piperazine rings is 1. The van der Waals surface area contributed by atoms with Gasteiger partial charge in [0.1, 0.15) is 16.4 Å². The number of thiophene rings is 1. The summed E-state index contributed by atoms with van der Waals surface area (Å²) in [6.45, 7) is 2.26. The van der Waals surface area contributed by atoms with Gasteiger partial charge in [0.15, 0.2) is 6.61 Å². The topological polar surface area (TPSA) is 59.1 Å². The third-order valence-corrected chi connectivity index (χ3v) is 6.45. The van der Waals surface area contributed by atoms with Gasteiger partial charge in [-0.25, -0.2) is 9.18 Å². The minimum atomic E-state index is -0.534. The molecule has 0 bridgehead atoms. The third kappa shape index (κ3) is 5.08. The van der Waals surface area contributed by atoms with E-state index in [-0.39, 0.29) is 18.3 Å². The Labute approximate surface area is 189 Å². The normalized spacial score (nSPS) is 13.7. The summed E-state index contributed by atoms with van der Waals surface area (Å²) in [5.41, 5.74) is 1.90. The first kappa shape index (κ1) is 21.8. The molecule has 2 heterocycles. The van der Waals surface area contributed by atoms with Crippen molar-refractivity contribution in [3.8, 4) is 16.2 Å². The van der Waals surface area contributed by atoms with Crippen LogP contribution in [0.1, 0.15) is 9.67 Å². The number of anilines is 1. The fourth-order valence-corrected chi connectivity index (χ4v) is 4.42. The van der Waals surface area contributed by atoms with Gasteiger partial charge >= 0.3 is 5.97 Å². The number of hydrogen-bond donors (Lipinski definition) is 0. The van der Waals surface area contributed by atoms with Gasteiger partial charge < -0.3 is 19.3 Å². The first-order chi connectivity index (χ1) is 15.5. The van der Waals surface area contributed by atoms with Gasteiger partial charge in [-0.05, 0) is 54.1 Å². The number of rotatable bonds is 6. The number of ether oxygens (including phenoxy) is 2. The summed E-state index contributed by atoms with van der Waals surface area (Å²) in [4.78, 5) is 30.0. The molecule has 1 fully saturated rings. The highest BCUT2D eigenvalue weighted by molar-refractivity contribution is 7.17. The molecule has 8 heteroatoms. The van der Waals surface area contributed by atoms with Crippen LogP contribution in [0.4, 0.5) is 10.1 Å². The standard InChI is InChI=1S/C24H23FN2O4S/c1-30-20-8-6-19(7-9-20)26-12-14-27(15-13-26)23(28)16-31-24(29)22-11-10-21(32-22)17-2-4-18(25)5-3-17/h2-11H,12-16H2,1H3. The summed E-state index contributed by atoms with van der Waals surface area (Å²) >= 11 is 1.25. The molecule has 1 aromatic heterocycles. The molecular weight excluding hydrogens is 431 g/mol. The fourth-order valence-electron chi connectivity index (χ4n) is 3.51. The van der Waals surface area contributed by atoms with E-state index in [1.165, 1.54) is 23.5 Å². The molecule has 0 atom stereocenters. The zero-order chi connectivity index (χ0) is 22.5. The lowest BCUT2D eigenvalue weighted by atomic mass is 10.2. The number of methoxy groups -OCH3 is 1. The van der Waals surface area contributed by atoms with E-state index in [9.17, 15) is 14.0 Å². The summed E-state index contributed by atoms with van der Waals surface area (Å²) in [5, 5.41) is 0. The summed E-state index contributed by atoms with van der Waals surface area (Å²) in [5.74, 6) is -0.246. The van der Waals surface area contributed by atoms with Crippen LogP contribution in [-0.4, -0.2) is 56.7 Å².